The number of likely N-dealkylation sites (tertiary alicyclic amines) is 1. The summed E-state index contributed by atoms with van der Waals surface area (Å²) in [5, 5.41) is 3.08. The van der Waals surface area contributed by atoms with Gasteiger partial charge in [-0.3, -0.25) is 9.78 Å². The minimum Gasteiger partial charge on any atom is -0.355 e. The van der Waals surface area contributed by atoms with Crippen molar-refractivity contribution in [3.8, 4) is 0 Å². The minimum absolute atomic E-state index is 0.00185. The van der Waals surface area contributed by atoms with Crippen LogP contribution in [0.2, 0.25) is 0 Å². The minimum atomic E-state index is -3.34. The van der Waals surface area contributed by atoms with Crippen molar-refractivity contribution in [1.82, 2.24) is 19.5 Å². The Bertz CT molecular complexity index is 740. The van der Waals surface area contributed by atoms with Gasteiger partial charge in [0.25, 0.3) is 0 Å². The Hall–Kier alpha value is -1.51. The van der Waals surface area contributed by atoms with Crippen LogP contribution in [0.25, 0.3) is 0 Å². The molecule has 0 unspecified atom stereocenters. The van der Waals surface area contributed by atoms with E-state index >= 15 is 0 Å². The molecule has 1 amide bonds. The zero-order valence-electron chi connectivity index (χ0n) is 15.5. The zero-order chi connectivity index (χ0) is 18.8. The molecule has 3 heterocycles. The quantitative estimate of drug-likeness (QED) is 0.804. The van der Waals surface area contributed by atoms with Crippen LogP contribution in [-0.4, -0.2) is 74.0 Å². The third kappa shape index (κ3) is 3.92. The first-order valence-corrected chi connectivity index (χ1v) is 11.0. The molecule has 0 aromatic carbocycles. The Labute approximate surface area is 155 Å². The molecule has 0 spiro atoms. The lowest BCUT2D eigenvalue weighted by atomic mass is 9.68. The van der Waals surface area contributed by atoms with Gasteiger partial charge in [0, 0.05) is 32.0 Å². The maximum absolute atomic E-state index is 13.2. The number of nitrogens with one attached hydrogen (secondary N) is 1. The van der Waals surface area contributed by atoms with Crippen molar-refractivity contribution in [2.45, 2.75) is 31.7 Å². The van der Waals surface area contributed by atoms with Gasteiger partial charge in [0.2, 0.25) is 15.9 Å². The molecule has 2 aliphatic rings. The number of carbonyl (C=O) groups is 1. The molecule has 1 aromatic rings. The summed E-state index contributed by atoms with van der Waals surface area (Å²) in [5.41, 5.74) is 0.505. The molecule has 2 saturated heterocycles. The van der Waals surface area contributed by atoms with E-state index in [1.165, 1.54) is 6.26 Å². The van der Waals surface area contributed by atoms with Crippen molar-refractivity contribution in [2.75, 3.05) is 39.5 Å². The monoisotopic (exact) mass is 380 g/mol. The number of pyridine rings is 1. The maximum atomic E-state index is 13.2. The van der Waals surface area contributed by atoms with Crippen LogP contribution >= 0.6 is 0 Å². The van der Waals surface area contributed by atoms with Crippen molar-refractivity contribution in [2.24, 2.45) is 5.41 Å². The molecule has 26 heavy (non-hydrogen) atoms. The predicted octanol–water partition coefficient (Wildman–Crippen LogP) is 0.486. The van der Waals surface area contributed by atoms with Crippen LogP contribution in [0.4, 0.5) is 0 Å². The highest BCUT2D eigenvalue weighted by Gasteiger charge is 2.54. The summed E-state index contributed by atoms with van der Waals surface area (Å²) in [4.78, 5) is 19.3. The number of amides is 1. The van der Waals surface area contributed by atoms with Gasteiger partial charge >= 0.3 is 0 Å². The summed E-state index contributed by atoms with van der Waals surface area (Å²) in [5.74, 6) is -0.00185. The standard InChI is InChI=1S/C18H28N4O3S/c1-21-13-8-18(7-3-12-22(16(18)14-21)26(2,24)25)17(23)20-11-6-15-4-9-19-10-5-15/h4-5,9-10,16H,3,6-8,11-14H2,1-2H3,(H,20,23)/t16-,18+/m0/s1. The van der Waals surface area contributed by atoms with Crippen molar-refractivity contribution in [3.63, 3.8) is 0 Å². The van der Waals surface area contributed by atoms with E-state index in [1.807, 2.05) is 19.2 Å². The summed E-state index contributed by atoms with van der Waals surface area (Å²) in [6.07, 6.45) is 7.65. The lowest BCUT2D eigenvalue weighted by Gasteiger charge is -2.52. The lowest BCUT2D eigenvalue weighted by molar-refractivity contribution is -0.140. The Morgan fingerprint density at radius 1 is 1.31 bits per heavy atom. The Morgan fingerprint density at radius 3 is 2.73 bits per heavy atom. The SMILES string of the molecule is CN1CC[C@]2(C(=O)NCCc3ccncc3)CCCN(S(C)(=O)=O)[C@H]2C1. The summed E-state index contributed by atoms with van der Waals surface area (Å²) in [6, 6.07) is 3.59. The summed E-state index contributed by atoms with van der Waals surface area (Å²) in [6.45, 7) is 2.46. The van der Waals surface area contributed by atoms with Gasteiger partial charge in [-0.1, -0.05) is 0 Å². The van der Waals surface area contributed by atoms with Crippen LogP contribution in [0.15, 0.2) is 24.5 Å². The van der Waals surface area contributed by atoms with E-state index < -0.39 is 15.4 Å². The fourth-order valence-corrected chi connectivity index (χ4v) is 5.50. The number of sulfonamides is 1. The molecule has 1 aromatic heterocycles. The molecular formula is C18H28N4O3S. The van der Waals surface area contributed by atoms with Crippen LogP contribution in [0.1, 0.15) is 24.8 Å². The van der Waals surface area contributed by atoms with Crippen molar-refractivity contribution in [3.05, 3.63) is 30.1 Å². The number of piperidine rings is 2. The van der Waals surface area contributed by atoms with Gasteiger partial charge in [-0.25, -0.2) is 8.42 Å². The van der Waals surface area contributed by atoms with Crippen molar-refractivity contribution >= 4 is 15.9 Å². The highest BCUT2D eigenvalue weighted by molar-refractivity contribution is 7.88. The highest BCUT2D eigenvalue weighted by Crippen LogP contribution is 2.43. The number of hydrogen-bond acceptors (Lipinski definition) is 5. The van der Waals surface area contributed by atoms with Crippen molar-refractivity contribution in [1.29, 1.82) is 0 Å². The first-order chi connectivity index (χ1) is 12.3. The molecule has 0 saturated carbocycles. The third-order valence-electron chi connectivity index (χ3n) is 5.74. The van der Waals surface area contributed by atoms with Gasteiger partial charge in [-0.2, -0.15) is 4.31 Å². The summed E-state index contributed by atoms with van der Waals surface area (Å²) < 4.78 is 26.1. The van der Waals surface area contributed by atoms with Gasteiger partial charge in [0.05, 0.1) is 17.7 Å². The van der Waals surface area contributed by atoms with Gasteiger partial charge < -0.3 is 10.2 Å². The highest BCUT2D eigenvalue weighted by atomic mass is 32.2. The van der Waals surface area contributed by atoms with Crippen LogP contribution in [-0.2, 0) is 21.2 Å². The molecule has 144 valence electrons. The number of nitrogens with zero attached hydrogens (tertiary/aromatic N) is 3. The smallest absolute Gasteiger partial charge is 0.227 e. The fraction of sp³-hybridized carbons (Fsp3) is 0.667. The normalized spacial score (nSPS) is 27.7. The number of fused-ring (bicyclic) bond motifs is 1. The molecule has 2 atom stereocenters. The van der Waals surface area contributed by atoms with Crippen LogP contribution < -0.4 is 5.32 Å². The fourth-order valence-electron chi connectivity index (χ4n) is 4.30. The molecule has 0 radical (unpaired) electrons. The van der Waals surface area contributed by atoms with E-state index in [0.29, 0.717) is 26.1 Å². The lowest BCUT2D eigenvalue weighted by Crippen LogP contribution is -2.66. The molecule has 8 heteroatoms. The maximum Gasteiger partial charge on any atom is 0.227 e. The van der Waals surface area contributed by atoms with E-state index in [4.69, 9.17) is 0 Å². The Kier molecular flexibility index (Phi) is 5.64. The van der Waals surface area contributed by atoms with E-state index in [-0.39, 0.29) is 11.9 Å². The predicted molar refractivity (Wildman–Crippen MR) is 100 cm³/mol. The zero-order valence-corrected chi connectivity index (χ0v) is 16.3. The largest absolute Gasteiger partial charge is 0.355 e. The first kappa shape index (κ1) is 19.3. The molecule has 2 aliphatic heterocycles. The molecule has 7 nitrogen and oxygen atoms in total. The average Bonchev–Trinajstić information content (AvgIpc) is 2.61. The summed E-state index contributed by atoms with van der Waals surface area (Å²) in [7, 11) is -1.35. The second-order valence-corrected chi connectivity index (χ2v) is 9.46. The number of aromatic nitrogens is 1. The van der Waals surface area contributed by atoms with Gasteiger partial charge in [-0.15, -0.1) is 0 Å². The third-order valence-corrected chi connectivity index (χ3v) is 7.03. The topological polar surface area (TPSA) is 82.6 Å². The average molecular weight is 381 g/mol. The second kappa shape index (κ2) is 7.62. The molecule has 2 fully saturated rings. The van der Waals surface area contributed by atoms with Gasteiger partial charge in [0.1, 0.15) is 0 Å². The Morgan fingerprint density at radius 2 is 2.04 bits per heavy atom. The van der Waals surface area contributed by atoms with Crippen LogP contribution in [0, 0.1) is 5.41 Å². The molecule has 0 aliphatic carbocycles. The molecular weight excluding hydrogens is 352 g/mol. The van der Waals surface area contributed by atoms with E-state index in [0.717, 1.165) is 31.4 Å². The van der Waals surface area contributed by atoms with E-state index in [1.54, 1.807) is 16.7 Å². The second-order valence-electron chi connectivity index (χ2n) is 7.52. The first-order valence-electron chi connectivity index (χ1n) is 9.15. The van der Waals surface area contributed by atoms with Crippen LogP contribution in [0.3, 0.4) is 0 Å². The van der Waals surface area contributed by atoms with E-state index in [2.05, 4.69) is 15.2 Å². The van der Waals surface area contributed by atoms with Crippen molar-refractivity contribution < 1.29 is 13.2 Å². The number of likely N-dealkylation sites (N-methyl/N-ethyl adjacent to an activating group) is 1. The number of hydrogen-bond donors (Lipinski definition) is 1. The molecule has 3 rings (SSSR count). The van der Waals surface area contributed by atoms with E-state index in [9.17, 15) is 13.2 Å². The molecule has 1 N–H and O–H groups in total. The molecule has 0 bridgehead atoms. The number of carbonyl (C=O) groups excluding carboxylic acids is 1. The van der Waals surface area contributed by atoms with Crippen LogP contribution in [0.5, 0.6) is 0 Å². The summed E-state index contributed by atoms with van der Waals surface area (Å²) >= 11 is 0. The number of rotatable bonds is 5. The van der Waals surface area contributed by atoms with Gasteiger partial charge in [0.15, 0.2) is 0 Å². The van der Waals surface area contributed by atoms with Gasteiger partial charge in [-0.05, 0) is 57.0 Å². The Balaban J connectivity index is 1.74.